The van der Waals surface area contributed by atoms with Gasteiger partial charge in [-0.15, -0.1) is 0 Å². The first-order chi connectivity index (χ1) is 34.8. The molecule has 2 aliphatic heterocycles. The Morgan fingerprint density at radius 2 is 1.15 bits per heavy atom. The van der Waals surface area contributed by atoms with E-state index in [1.165, 1.54) is 12.4 Å². The SMILES string of the molecule is C=CC(=O)Nc1cc(Nc2cc(-c3ccc4c(cnn4C)c3)ncn2)c(OC)cc1N1CCC(N(C)C)C1.COc1cc(N2CCC(N(C)C)C2)c(N)cc1Nc1cc(-c2ccc3c(cnn3C)c2)ncn1. The second kappa shape index (κ2) is 21.0. The minimum absolute atomic E-state index is 0.277. The molecule has 0 bridgehead atoms. The number of nitrogens with one attached hydrogen (secondary N) is 3. The largest absolute Gasteiger partial charge is 0.494 e. The molecule has 4 aromatic heterocycles. The summed E-state index contributed by atoms with van der Waals surface area (Å²) < 4.78 is 15.2. The number of nitrogen functional groups attached to an aromatic ring is 1. The summed E-state index contributed by atoms with van der Waals surface area (Å²) >= 11 is 0. The average molecular weight is 971 g/mol. The van der Waals surface area contributed by atoms with Crippen molar-refractivity contribution in [3.8, 4) is 34.0 Å². The Balaban J connectivity index is 0.000000179. The number of nitrogens with zero attached hydrogens (tertiary/aromatic N) is 12. The quantitative estimate of drug-likeness (QED) is 0.0615. The van der Waals surface area contributed by atoms with E-state index in [1.54, 1.807) is 20.5 Å². The number of hydrogen-bond acceptors (Lipinski definition) is 16. The number of aromatic nitrogens is 8. The first-order valence-electron chi connectivity index (χ1n) is 23.8. The van der Waals surface area contributed by atoms with Crippen LogP contribution in [-0.2, 0) is 18.9 Å². The van der Waals surface area contributed by atoms with E-state index < -0.39 is 0 Å². The van der Waals surface area contributed by atoms with Gasteiger partial charge in [0.05, 0.1) is 83.2 Å². The molecular weight excluding hydrogens is 909 g/mol. The zero-order valence-corrected chi connectivity index (χ0v) is 42.1. The zero-order valence-electron chi connectivity index (χ0n) is 42.1. The number of carbonyl (C=O) groups excluding carboxylic acids is 1. The minimum Gasteiger partial charge on any atom is -0.494 e. The van der Waals surface area contributed by atoms with E-state index in [4.69, 9.17) is 15.2 Å². The predicted octanol–water partition coefficient (Wildman–Crippen LogP) is 7.55. The standard InChI is InChI=1S/C28H32N8O2.C25H30N8O/c1-6-28(37)33-22-12-23(26(38-5)14-25(22)36-10-9-20(16-36)34(2)3)32-27-13-21(29-17-30-27)18-7-8-24-19(11-18)15-31-35(24)4;1-31(2)18-7-8-33(14-18)23-12-24(34-4)21(10-19(23)26)30-25-11-20(27-15-28-25)16-5-6-22-17(9-16)13-29-32(22)3/h6-8,11-15,17,20H,1,9-10,16H2,2-5H3,(H,33,37)(H,29,30,32);5-6,9-13,15,18H,7-8,14,26H2,1-4H3,(H,27,28,30). The lowest BCUT2D eigenvalue weighted by atomic mass is 10.1. The molecule has 2 fully saturated rings. The molecule has 2 saturated heterocycles. The highest BCUT2D eigenvalue weighted by molar-refractivity contribution is 6.02. The van der Waals surface area contributed by atoms with Crippen LogP contribution >= 0.6 is 0 Å². The molecule has 1 amide bonds. The van der Waals surface area contributed by atoms with Gasteiger partial charge in [-0.05, 0) is 83.5 Å². The number of benzene rings is 4. The number of aryl methyl sites for hydroxylation is 2. The molecule has 8 aromatic rings. The van der Waals surface area contributed by atoms with Crippen molar-refractivity contribution < 1.29 is 14.3 Å². The molecule has 2 unspecified atom stereocenters. The highest BCUT2D eigenvalue weighted by Gasteiger charge is 2.28. The summed E-state index contributed by atoms with van der Waals surface area (Å²) in [5, 5.41) is 20.4. The van der Waals surface area contributed by atoms with Crippen LogP contribution in [0.15, 0.2) is 110 Å². The number of anilines is 8. The molecular formula is C53H62N16O3. The number of carbonyl (C=O) groups is 1. The van der Waals surface area contributed by atoms with Gasteiger partial charge in [-0.3, -0.25) is 14.2 Å². The third-order valence-electron chi connectivity index (χ3n) is 13.5. The van der Waals surface area contributed by atoms with Crippen LogP contribution in [0.1, 0.15) is 12.8 Å². The van der Waals surface area contributed by atoms with Gasteiger partial charge in [0.15, 0.2) is 0 Å². The fourth-order valence-electron chi connectivity index (χ4n) is 9.36. The van der Waals surface area contributed by atoms with Gasteiger partial charge in [-0.1, -0.05) is 18.7 Å². The summed E-state index contributed by atoms with van der Waals surface area (Å²) in [7, 11) is 15.6. The van der Waals surface area contributed by atoms with Crippen molar-refractivity contribution in [2.75, 3.05) is 100 Å². The van der Waals surface area contributed by atoms with Gasteiger partial charge >= 0.3 is 0 Å². The lowest BCUT2D eigenvalue weighted by molar-refractivity contribution is -0.111. The maximum Gasteiger partial charge on any atom is 0.247 e. The lowest BCUT2D eigenvalue weighted by Gasteiger charge is -2.25. The van der Waals surface area contributed by atoms with E-state index in [1.807, 2.05) is 90.4 Å². The van der Waals surface area contributed by atoms with Gasteiger partial charge in [0.25, 0.3) is 0 Å². The normalized spacial score (nSPS) is 15.5. The van der Waals surface area contributed by atoms with E-state index in [9.17, 15) is 4.79 Å². The Morgan fingerprint density at radius 3 is 1.62 bits per heavy atom. The van der Waals surface area contributed by atoms with Gasteiger partial charge in [0.1, 0.15) is 35.8 Å². The van der Waals surface area contributed by atoms with Crippen molar-refractivity contribution in [1.82, 2.24) is 49.3 Å². The number of amides is 1. The Bertz CT molecular complexity index is 3260. The number of methoxy groups -OCH3 is 2. The van der Waals surface area contributed by atoms with Crippen molar-refractivity contribution in [1.29, 1.82) is 0 Å². The second-order valence-electron chi connectivity index (χ2n) is 18.5. The van der Waals surface area contributed by atoms with Crippen molar-refractivity contribution in [2.24, 2.45) is 14.1 Å². The van der Waals surface area contributed by atoms with E-state index in [-0.39, 0.29) is 5.91 Å². The molecule has 2 aliphatic rings. The van der Waals surface area contributed by atoms with Crippen molar-refractivity contribution in [2.45, 2.75) is 24.9 Å². The highest BCUT2D eigenvalue weighted by Crippen LogP contribution is 2.41. The summed E-state index contributed by atoms with van der Waals surface area (Å²) in [6, 6.07) is 24.8. The third kappa shape index (κ3) is 10.4. The molecule has 10 rings (SSSR count). The molecule has 4 aromatic carbocycles. The summed E-state index contributed by atoms with van der Waals surface area (Å²) in [6.45, 7) is 7.27. The highest BCUT2D eigenvalue weighted by atomic mass is 16.5. The fourth-order valence-corrected chi connectivity index (χ4v) is 9.36. The first-order valence-corrected chi connectivity index (χ1v) is 23.8. The van der Waals surface area contributed by atoms with Crippen molar-refractivity contribution in [3.63, 3.8) is 0 Å². The van der Waals surface area contributed by atoms with Crippen molar-refractivity contribution >= 4 is 73.5 Å². The third-order valence-corrected chi connectivity index (χ3v) is 13.5. The number of fused-ring (bicyclic) bond motifs is 2. The zero-order chi connectivity index (χ0) is 50.6. The summed E-state index contributed by atoms with van der Waals surface area (Å²) in [4.78, 5) is 39.2. The van der Waals surface area contributed by atoms with Crippen LogP contribution in [-0.4, -0.2) is 136 Å². The first kappa shape index (κ1) is 48.7. The predicted molar refractivity (Wildman–Crippen MR) is 288 cm³/mol. The fraction of sp³-hybridized carbons (Fsp3) is 0.302. The Hall–Kier alpha value is -8.29. The molecule has 0 radical (unpaired) electrons. The molecule has 6 heterocycles. The van der Waals surface area contributed by atoms with Crippen LogP contribution in [0.3, 0.4) is 0 Å². The molecule has 72 heavy (non-hydrogen) atoms. The maximum absolute atomic E-state index is 12.3. The summed E-state index contributed by atoms with van der Waals surface area (Å²) in [5.74, 6) is 2.34. The Kier molecular flexibility index (Phi) is 14.2. The monoisotopic (exact) mass is 971 g/mol. The summed E-state index contributed by atoms with van der Waals surface area (Å²) in [6.07, 6.45) is 10.2. The molecule has 372 valence electrons. The van der Waals surface area contributed by atoms with E-state index >= 15 is 0 Å². The van der Waals surface area contributed by atoms with E-state index in [0.29, 0.717) is 46.5 Å². The topological polar surface area (TPSA) is 198 Å². The lowest BCUT2D eigenvalue weighted by Crippen LogP contribution is -2.31. The van der Waals surface area contributed by atoms with Gasteiger partial charge in [0, 0.05) is 98.5 Å². The minimum atomic E-state index is -0.277. The van der Waals surface area contributed by atoms with Gasteiger partial charge in [-0.2, -0.15) is 10.2 Å². The Labute approximate surface area is 419 Å². The number of hydrogen-bond donors (Lipinski definition) is 4. The van der Waals surface area contributed by atoms with Crippen LogP contribution in [0.5, 0.6) is 11.5 Å². The molecule has 0 saturated carbocycles. The Morgan fingerprint density at radius 1 is 0.667 bits per heavy atom. The van der Waals surface area contributed by atoms with Gasteiger partial charge in [-0.25, -0.2) is 19.9 Å². The van der Waals surface area contributed by atoms with Crippen LogP contribution < -0.4 is 41.0 Å². The molecule has 19 heteroatoms. The number of rotatable bonds is 14. The van der Waals surface area contributed by atoms with Gasteiger partial charge in [0.2, 0.25) is 5.91 Å². The molecule has 19 nitrogen and oxygen atoms in total. The van der Waals surface area contributed by atoms with Crippen LogP contribution in [0.25, 0.3) is 44.3 Å². The average Bonchev–Trinajstić information content (AvgIpc) is 4.22. The van der Waals surface area contributed by atoms with E-state index in [2.05, 4.69) is 119 Å². The number of nitrogens with two attached hydrogens (primary N) is 1. The van der Waals surface area contributed by atoms with Crippen molar-refractivity contribution in [3.05, 3.63) is 110 Å². The molecule has 2 atom stereocenters. The molecule has 5 N–H and O–H groups in total. The number of likely N-dealkylation sites (N-methyl/N-ethyl adjacent to an activating group) is 2. The molecule has 0 spiro atoms. The van der Waals surface area contributed by atoms with Crippen LogP contribution in [0, 0.1) is 0 Å². The maximum atomic E-state index is 12.3. The second-order valence-corrected chi connectivity index (χ2v) is 18.5. The van der Waals surface area contributed by atoms with E-state index in [0.717, 1.165) is 106 Å². The number of ether oxygens (including phenoxy) is 2. The smallest absolute Gasteiger partial charge is 0.247 e. The van der Waals surface area contributed by atoms with Crippen LogP contribution in [0.2, 0.25) is 0 Å². The van der Waals surface area contributed by atoms with Gasteiger partial charge < -0.3 is 50.8 Å². The molecule has 0 aliphatic carbocycles. The summed E-state index contributed by atoms with van der Waals surface area (Å²) in [5.41, 5.74) is 16.9. The van der Waals surface area contributed by atoms with Crippen LogP contribution in [0.4, 0.5) is 45.8 Å².